The van der Waals surface area contributed by atoms with Crippen molar-refractivity contribution in [1.29, 1.82) is 0 Å². The van der Waals surface area contributed by atoms with Gasteiger partial charge >= 0.3 is 0 Å². The van der Waals surface area contributed by atoms with Crippen LogP contribution >= 0.6 is 0 Å². The molecule has 2 heteroatoms. The van der Waals surface area contributed by atoms with Crippen LogP contribution in [0.2, 0.25) is 0 Å². The molecule has 0 aliphatic rings. The van der Waals surface area contributed by atoms with Crippen LogP contribution in [0.25, 0.3) is 98.1 Å². The zero-order valence-corrected chi connectivity index (χ0v) is 33.4. The molecule has 282 valence electrons. The van der Waals surface area contributed by atoms with Crippen LogP contribution in [0, 0.1) is 13.8 Å². The van der Waals surface area contributed by atoms with E-state index in [9.17, 15) is 0 Å². The van der Waals surface area contributed by atoms with Crippen LogP contribution in [-0.2, 0) is 0 Å². The van der Waals surface area contributed by atoms with Crippen LogP contribution in [0.15, 0.2) is 205 Å². The summed E-state index contributed by atoms with van der Waals surface area (Å²) in [7, 11) is 0. The second kappa shape index (κ2) is 13.4. The van der Waals surface area contributed by atoms with Crippen molar-refractivity contribution in [1.82, 2.24) is 0 Å². The first-order valence-corrected chi connectivity index (χ1v) is 20.8. The topological polar surface area (TPSA) is 16.4 Å². The average Bonchev–Trinajstić information content (AvgIpc) is 3.67. The van der Waals surface area contributed by atoms with Gasteiger partial charge in [0.1, 0.15) is 11.2 Å². The Bertz CT molecular complexity index is 3560. The van der Waals surface area contributed by atoms with Crippen molar-refractivity contribution in [3.63, 3.8) is 0 Å². The SMILES string of the molecule is Cc1ccc(N(c2ccc3cc(-c4c5ccccc5c(-c5ccc6c(c5)oc5ccccc56)c5ccccc45)ccc3c2)c2ccc(C)c3ccccc23)c2ccccc12. The number of hydrogen-bond acceptors (Lipinski definition) is 2. The quantitative estimate of drug-likeness (QED) is 0.162. The zero-order chi connectivity index (χ0) is 39.9. The lowest BCUT2D eigenvalue weighted by molar-refractivity contribution is 0.669. The molecular formula is C58H39NO. The van der Waals surface area contributed by atoms with Crippen LogP contribution in [-0.4, -0.2) is 0 Å². The van der Waals surface area contributed by atoms with Gasteiger partial charge in [-0.1, -0.05) is 152 Å². The highest BCUT2D eigenvalue weighted by atomic mass is 16.3. The Morgan fingerprint density at radius 2 is 0.750 bits per heavy atom. The van der Waals surface area contributed by atoms with E-state index >= 15 is 0 Å². The Hall–Kier alpha value is -7.68. The molecule has 0 N–H and O–H groups in total. The molecule has 11 aromatic carbocycles. The van der Waals surface area contributed by atoms with E-state index in [1.165, 1.54) is 93.1 Å². The Balaban J connectivity index is 1.04. The number of furan rings is 1. The molecule has 0 saturated carbocycles. The van der Waals surface area contributed by atoms with Gasteiger partial charge in [-0.05, 0) is 139 Å². The smallest absolute Gasteiger partial charge is 0.136 e. The predicted molar refractivity (Wildman–Crippen MR) is 256 cm³/mol. The van der Waals surface area contributed by atoms with Gasteiger partial charge in [-0.3, -0.25) is 0 Å². The van der Waals surface area contributed by atoms with Crippen molar-refractivity contribution in [2.45, 2.75) is 13.8 Å². The van der Waals surface area contributed by atoms with E-state index in [1.54, 1.807) is 0 Å². The molecule has 12 rings (SSSR count). The third-order valence-electron chi connectivity index (χ3n) is 12.7. The molecule has 0 fully saturated rings. The van der Waals surface area contributed by atoms with E-state index < -0.39 is 0 Å². The molecule has 0 radical (unpaired) electrons. The third-order valence-corrected chi connectivity index (χ3v) is 12.7. The maximum atomic E-state index is 6.39. The molecule has 0 atom stereocenters. The zero-order valence-electron chi connectivity index (χ0n) is 33.4. The molecular weight excluding hydrogens is 727 g/mol. The maximum absolute atomic E-state index is 6.39. The summed E-state index contributed by atoms with van der Waals surface area (Å²) in [5.41, 5.74) is 12.7. The van der Waals surface area contributed by atoms with Crippen LogP contribution in [0.1, 0.15) is 11.1 Å². The fourth-order valence-electron chi connectivity index (χ4n) is 9.83. The van der Waals surface area contributed by atoms with Gasteiger partial charge in [0.2, 0.25) is 0 Å². The molecule has 0 saturated heterocycles. The van der Waals surface area contributed by atoms with Crippen molar-refractivity contribution in [2.24, 2.45) is 0 Å². The maximum Gasteiger partial charge on any atom is 0.136 e. The van der Waals surface area contributed by atoms with Crippen molar-refractivity contribution in [3.05, 3.63) is 211 Å². The number of nitrogens with zero attached hydrogens (tertiary/aromatic N) is 1. The molecule has 0 aliphatic heterocycles. The summed E-state index contributed by atoms with van der Waals surface area (Å²) in [5.74, 6) is 0. The van der Waals surface area contributed by atoms with E-state index in [0.717, 1.165) is 33.2 Å². The van der Waals surface area contributed by atoms with Gasteiger partial charge in [-0.15, -0.1) is 0 Å². The van der Waals surface area contributed by atoms with Gasteiger partial charge in [-0.2, -0.15) is 0 Å². The van der Waals surface area contributed by atoms with E-state index in [0.29, 0.717) is 0 Å². The van der Waals surface area contributed by atoms with Crippen LogP contribution in [0.5, 0.6) is 0 Å². The molecule has 1 aromatic heterocycles. The summed E-state index contributed by atoms with van der Waals surface area (Å²) in [5, 5.41) is 14.6. The van der Waals surface area contributed by atoms with E-state index in [1.807, 2.05) is 12.1 Å². The highest BCUT2D eigenvalue weighted by Gasteiger charge is 2.21. The first kappa shape index (κ1) is 34.4. The van der Waals surface area contributed by atoms with Gasteiger partial charge in [0.15, 0.2) is 0 Å². The summed E-state index contributed by atoms with van der Waals surface area (Å²) in [6, 6.07) is 73.3. The third kappa shape index (κ3) is 5.28. The van der Waals surface area contributed by atoms with Crippen LogP contribution in [0.3, 0.4) is 0 Å². The highest BCUT2D eigenvalue weighted by molar-refractivity contribution is 6.22. The van der Waals surface area contributed by atoms with E-state index in [2.05, 4.69) is 207 Å². The lowest BCUT2D eigenvalue weighted by atomic mass is 9.85. The van der Waals surface area contributed by atoms with Crippen molar-refractivity contribution in [2.75, 3.05) is 4.90 Å². The number of para-hydroxylation sites is 1. The van der Waals surface area contributed by atoms with E-state index in [-0.39, 0.29) is 0 Å². The molecule has 0 amide bonds. The van der Waals surface area contributed by atoms with Gasteiger partial charge < -0.3 is 9.32 Å². The Morgan fingerprint density at radius 1 is 0.317 bits per heavy atom. The van der Waals surface area contributed by atoms with Gasteiger partial charge in [-0.25, -0.2) is 0 Å². The summed E-state index contributed by atoms with van der Waals surface area (Å²) < 4.78 is 6.39. The monoisotopic (exact) mass is 765 g/mol. The molecule has 1 heterocycles. The molecule has 0 unspecified atom stereocenters. The van der Waals surface area contributed by atoms with Gasteiger partial charge in [0.25, 0.3) is 0 Å². The second-order valence-electron chi connectivity index (χ2n) is 16.1. The summed E-state index contributed by atoms with van der Waals surface area (Å²) in [4.78, 5) is 2.46. The molecule has 12 aromatic rings. The number of benzene rings is 11. The first-order valence-electron chi connectivity index (χ1n) is 20.8. The van der Waals surface area contributed by atoms with Crippen LogP contribution in [0.4, 0.5) is 17.1 Å². The predicted octanol–water partition coefficient (Wildman–Crippen LogP) is 16.8. The lowest BCUT2D eigenvalue weighted by Gasteiger charge is -2.29. The van der Waals surface area contributed by atoms with E-state index in [4.69, 9.17) is 4.42 Å². The second-order valence-corrected chi connectivity index (χ2v) is 16.1. The Labute approximate surface area is 348 Å². The Morgan fingerprint density at radius 3 is 1.33 bits per heavy atom. The fourth-order valence-corrected chi connectivity index (χ4v) is 9.83. The molecule has 2 nitrogen and oxygen atoms in total. The molecule has 0 spiro atoms. The number of anilines is 3. The normalized spacial score (nSPS) is 11.8. The highest BCUT2D eigenvalue weighted by Crippen LogP contribution is 2.47. The van der Waals surface area contributed by atoms with Gasteiger partial charge in [0, 0.05) is 27.2 Å². The number of fused-ring (bicyclic) bond motifs is 8. The van der Waals surface area contributed by atoms with Crippen LogP contribution < -0.4 is 4.90 Å². The number of aryl methyl sites for hydroxylation is 2. The van der Waals surface area contributed by atoms with Crippen molar-refractivity contribution in [3.8, 4) is 22.3 Å². The minimum Gasteiger partial charge on any atom is -0.456 e. The first-order chi connectivity index (χ1) is 29.6. The lowest BCUT2D eigenvalue weighted by Crippen LogP contribution is -2.11. The largest absolute Gasteiger partial charge is 0.456 e. The molecule has 60 heavy (non-hydrogen) atoms. The van der Waals surface area contributed by atoms with Crippen molar-refractivity contribution < 1.29 is 4.42 Å². The summed E-state index contributed by atoms with van der Waals surface area (Å²) >= 11 is 0. The molecule has 0 aliphatic carbocycles. The standard InChI is InChI=1S/C58H39NO/c1-36-23-31-53(45-15-5-3-13-43(36)45)59(54-32-24-37(2)44-14-4-6-16-46(44)54)42-29-27-38-33-40(26-25-39(38)34-42)57-49-18-7-9-20-51(49)58(52-21-10-8-19-50(52)57)41-28-30-48-47-17-11-12-22-55(47)60-56(48)35-41/h3-35H,1-2H3. The Kier molecular flexibility index (Phi) is 7.70. The number of hydrogen-bond donors (Lipinski definition) is 0. The van der Waals surface area contributed by atoms with Gasteiger partial charge in [0.05, 0.1) is 11.4 Å². The minimum atomic E-state index is 0.907. The average molecular weight is 766 g/mol. The fraction of sp³-hybridized carbons (Fsp3) is 0.0345. The summed E-state index contributed by atoms with van der Waals surface area (Å²) in [6.45, 7) is 4.40. The minimum absolute atomic E-state index is 0.907. The number of rotatable bonds is 5. The van der Waals surface area contributed by atoms with Crippen molar-refractivity contribution >= 4 is 92.9 Å². The molecule has 0 bridgehead atoms. The summed E-state index contributed by atoms with van der Waals surface area (Å²) in [6.07, 6.45) is 0.